The number of carboxylic acids is 1. The minimum Gasteiger partial charge on any atom is -0.481 e. The van der Waals surface area contributed by atoms with Crippen LogP contribution < -0.4 is 4.72 Å². The summed E-state index contributed by atoms with van der Waals surface area (Å²) in [5, 5.41) is 15.1. The molecule has 1 atom stereocenters. The van der Waals surface area contributed by atoms with Gasteiger partial charge in [-0.05, 0) is 12.3 Å². The zero-order valence-electron chi connectivity index (χ0n) is 11.4. The van der Waals surface area contributed by atoms with Gasteiger partial charge >= 0.3 is 5.97 Å². The van der Waals surface area contributed by atoms with Gasteiger partial charge in [-0.25, -0.2) is 13.1 Å². The number of hydrogen-bond acceptors (Lipinski definition) is 4. The molecule has 0 aromatic carbocycles. The van der Waals surface area contributed by atoms with Gasteiger partial charge in [0.1, 0.15) is 4.90 Å². The average Bonchev–Trinajstić information content (AvgIpc) is 2.61. The molecule has 7 nitrogen and oxygen atoms in total. The Hall–Kier alpha value is -1.41. The molecule has 0 radical (unpaired) electrons. The Morgan fingerprint density at radius 1 is 1.53 bits per heavy atom. The fourth-order valence-electron chi connectivity index (χ4n) is 1.56. The smallest absolute Gasteiger partial charge is 0.304 e. The van der Waals surface area contributed by atoms with E-state index < -0.39 is 27.4 Å². The van der Waals surface area contributed by atoms with E-state index in [1.165, 1.54) is 6.20 Å². The van der Waals surface area contributed by atoms with Crippen molar-refractivity contribution in [2.45, 2.75) is 45.1 Å². The van der Waals surface area contributed by atoms with Gasteiger partial charge in [0.25, 0.3) is 0 Å². The molecular formula is C11H19N3O4S. The molecule has 1 unspecified atom stereocenters. The van der Waals surface area contributed by atoms with Crippen LogP contribution in [0.3, 0.4) is 0 Å². The lowest BCUT2D eigenvalue weighted by molar-refractivity contribution is -0.138. The maximum atomic E-state index is 12.2. The molecule has 0 saturated carbocycles. The number of carbonyl (C=O) groups is 1. The number of aliphatic carboxylic acids is 1. The molecule has 1 rings (SSSR count). The number of carboxylic acid groups (broad SMARTS) is 1. The van der Waals surface area contributed by atoms with Crippen molar-refractivity contribution in [3.63, 3.8) is 0 Å². The fourth-order valence-corrected chi connectivity index (χ4v) is 3.14. The van der Waals surface area contributed by atoms with Gasteiger partial charge in [0.2, 0.25) is 10.0 Å². The van der Waals surface area contributed by atoms with Gasteiger partial charge in [-0.3, -0.25) is 9.89 Å². The van der Waals surface area contributed by atoms with Crippen LogP contribution in [0.2, 0.25) is 0 Å². The van der Waals surface area contributed by atoms with Crippen molar-refractivity contribution in [1.82, 2.24) is 14.9 Å². The molecule has 108 valence electrons. The average molecular weight is 289 g/mol. The molecule has 19 heavy (non-hydrogen) atoms. The SMILES string of the molecule is Cc1[nH]ncc1S(=O)(=O)NC(CC(=O)O)C(C)(C)C. The molecular weight excluding hydrogens is 270 g/mol. The highest BCUT2D eigenvalue weighted by Crippen LogP contribution is 2.24. The number of aromatic nitrogens is 2. The second-order valence-electron chi connectivity index (χ2n) is 5.50. The van der Waals surface area contributed by atoms with E-state index in [2.05, 4.69) is 14.9 Å². The van der Waals surface area contributed by atoms with Gasteiger partial charge in [-0.1, -0.05) is 20.8 Å². The summed E-state index contributed by atoms with van der Waals surface area (Å²) in [7, 11) is -3.78. The van der Waals surface area contributed by atoms with Gasteiger partial charge in [-0.2, -0.15) is 5.10 Å². The molecule has 1 heterocycles. The molecule has 0 saturated heterocycles. The molecule has 0 spiro atoms. The van der Waals surface area contributed by atoms with Crippen LogP contribution >= 0.6 is 0 Å². The quantitative estimate of drug-likeness (QED) is 0.745. The first-order valence-corrected chi connectivity index (χ1v) is 7.26. The maximum absolute atomic E-state index is 12.2. The van der Waals surface area contributed by atoms with E-state index >= 15 is 0 Å². The lowest BCUT2D eigenvalue weighted by Gasteiger charge is -2.29. The van der Waals surface area contributed by atoms with E-state index in [1.54, 1.807) is 27.7 Å². The summed E-state index contributed by atoms with van der Waals surface area (Å²) in [6.45, 7) is 6.94. The molecule has 0 aliphatic rings. The van der Waals surface area contributed by atoms with Crippen molar-refractivity contribution in [3.05, 3.63) is 11.9 Å². The first-order chi connectivity index (χ1) is 8.54. The number of hydrogen-bond donors (Lipinski definition) is 3. The molecule has 0 amide bonds. The lowest BCUT2D eigenvalue weighted by Crippen LogP contribution is -2.45. The van der Waals surface area contributed by atoms with Crippen LogP contribution in [-0.4, -0.2) is 35.7 Å². The van der Waals surface area contributed by atoms with Crippen LogP contribution in [0.4, 0.5) is 0 Å². The summed E-state index contributed by atoms with van der Waals surface area (Å²) >= 11 is 0. The third-order valence-electron chi connectivity index (χ3n) is 2.79. The normalized spacial score (nSPS) is 14.3. The molecule has 8 heteroatoms. The number of rotatable bonds is 5. The van der Waals surface area contributed by atoms with Crippen LogP contribution in [0.15, 0.2) is 11.1 Å². The summed E-state index contributed by atoms with van der Waals surface area (Å²) in [5.41, 5.74) is -0.0983. The standard InChI is InChI=1S/C11H19N3O4S/c1-7-8(6-12-13-7)19(17,18)14-9(5-10(15)16)11(2,3)4/h6,9,14H,5H2,1-4H3,(H,12,13)(H,15,16). The summed E-state index contributed by atoms with van der Waals surface area (Å²) in [6.07, 6.45) is 0.928. The predicted molar refractivity (Wildman–Crippen MR) is 69.1 cm³/mol. The first kappa shape index (κ1) is 15.6. The van der Waals surface area contributed by atoms with Gasteiger partial charge in [-0.15, -0.1) is 0 Å². The zero-order chi connectivity index (χ0) is 14.8. The second-order valence-corrected chi connectivity index (χ2v) is 7.18. The third kappa shape index (κ3) is 4.03. The van der Waals surface area contributed by atoms with E-state index in [0.29, 0.717) is 5.69 Å². The predicted octanol–water partition coefficient (Wildman–Crippen LogP) is 0.886. The zero-order valence-corrected chi connectivity index (χ0v) is 12.2. The Morgan fingerprint density at radius 3 is 2.47 bits per heavy atom. The van der Waals surface area contributed by atoms with Gasteiger partial charge < -0.3 is 5.11 Å². The Morgan fingerprint density at radius 2 is 2.11 bits per heavy atom. The van der Waals surface area contributed by atoms with Crippen LogP contribution in [0.25, 0.3) is 0 Å². The maximum Gasteiger partial charge on any atom is 0.304 e. The van der Waals surface area contributed by atoms with Crippen molar-refractivity contribution in [3.8, 4) is 0 Å². The minimum atomic E-state index is -3.78. The van der Waals surface area contributed by atoms with Crippen molar-refractivity contribution in [2.24, 2.45) is 5.41 Å². The van der Waals surface area contributed by atoms with Gasteiger partial charge in [0.15, 0.2) is 0 Å². The number of H-pyrrole nitrogens is 1. The molecule has 0 aliphatic heterocycles. The number of nitrogens with one attached hydrogen (secondary N) is 2. The highest BCUT2D eigenvalue weighted by Gasteiger charge is 2.32. The Bertz CT molecular complexity index is 557. The van der Waals surface area contributed by atoms with Crippen molar-refractivity contribution in [1.29, 1.82) is 0 Å². The van der Waals surface area contributed by atoms with E-state index in [4.69, 9.17) is 5.11 Å². The number of aromatic amines is 1. The molecule has 0 fully saturated rings. The number of sulfonamides is 1. The summed E-state index contributed by atoms with van der Waals surface area (Å²) < 4.78 is 26.8. The monoisotopic (exact) mass is 289 g/mol. The molecule has 0 bridgehead atoms. The van der Waals surface area contributed by atoms with Crippen molar-refractivity contribution < 1.29 is 18.3 Å². The van der Waals surface area contributed by atoms with E-state index in [-0.39, 0.29) is 11.3 Å². The van der Waals surface area contributed by atoms with Crippen molar-refractivity contribution >= 4 is 16.0 Å². The Balaban J connectivity index is 3.03. The van der Waals surface area contributed by atoms with Gasteiger partial charge in [0.05, 0.1) is 18.3 Å². The van der Waals surface area contributed by atoms with Crippen LogP contribution in [0, 0.1) is 12.3 Å². The summed E-state index contributed by atoms with van der Waals surface area (Å²) in [5.74, 6) is -1.05. The third-order valence-corrected chi connectivity index (χ3v) is 4.38. The molecule has 1 aromatic heterocycles. The van der Waals surface area contributed by atoms with Crippen LogP contribution in [-0.2, 0) is 14.8 Å². The van der Waals surface area contributed by atoms with Crippen LogP contribution in [0.1, 0.15) is 32.9 Å². The van der Waals surface area contributed by atoms with Crippen LogP contribution in [0.5, 0.6) is 0 Å². The summed E-state index contributed by atoms with van der Waals surface area (Å²) in [4.78, 5) is 10.9. The molecule has 1 aromatic rings. The van der Waals surface area contributed by atoms with E-state index in [9.17, 15) is 13.2 Å². The highest BCUT2D eigenvalue weighted by molar-refractivity contribution is 7.89. The Labute approximate surface area is 112 Å². The topological polar surface area (TPSA) is 112 Å². The fraction of sp³-hybridized carbons (Fsp3) is 0.636. The number of aryl methyl sites for hydroxylation is 1. The van der Waals surface area contributed by atoms with Gasteiger partial charge in [0, 0.05) is 6.04 Å². The summed E-state index contributed by atoms with van der Waals surface area (Å²) in [6, 6.07) is -0.704. The molecule has 0 aliphatic carbocycles. The molecule has 3 N–H and O–H groups in total. The lowest BCUT2D eigenvalue weighted by atomic mass is 9.85. The minimum absolute atomic E-state index is 0.0344. The number of nitrogens with zero attached hydrogens (tertiary/aromatic N) is 1. The highest BCUT2D eigenvalue weighted by atomic mass is 32.2. The second kappa shape index (κ2) is 5.30. The van der Waals surface area contributed by atoms with E-state index in [0.717, 1.165) is 0 Å². The van der Waals surface area contributed by atoms with E-state index in [1.807, 2.05) is 0 Å². The first-order valence-electron chi connectivity index (χ1n) is 5.78. The largest absolute Gasteiger partial charge is 0.481 e. The van der Waals surface area contributed by atoms with Crippen molar-refractivity contribution in [2.75, 3.05) is 0 Å². The Kier molecular flexibility index (Phi) is 4.36.